The molecule has 170 valence electrons. The van der Waals surface area contributed by atoms with Crippen molar-refractivity contribution in [1.82, 2.24) is 15.5 Å². The van der Waals surface area contributed by atoms with Gasteiger partial charge in [-0.05, 0) is 43.9 Å². The number of methoxy groups -OCH3 is 2. The van der Waals surface area contributed by atoms with E-state index in [1.807, 2.05) is 39.2 Å². The van der Waals surface area contributed by atoms with Gasteiger partial charge in [-0.3, -0.25) is 9.79 Å². The van der Waals surface area contributed by atoms with E-state index in [4.69, 9.17) is 14.5 Å². The molecule has 0 bridgehead atoms. The minimum atomic E-state index is -0.352. The molecule has 0 aromatic heterocycles. The summed E-state index contributed by atoms with van der Waals surface area (Å²) in [6.07, 6.45) is 4.85. The van der Waals surface area contributed by atoms with Crippen LogP contribution >= 0.6 is 24.0 Å². The highest BCUT2D eigenvalue weighted by Gasteiger charge is 2.42. The lowest BCUT2D eigenvalue weighted by atomic mass is 9.85. The summed E-state index contributed by atoms with van der Waals surface area (Å²) in [5.41, 5.74) is 0.802. The number of carbonyl (C=O) groups is 1. The first kappa shape index (κ1) is 26.3. The SMILES string of the molecule is CCNC(=NCC1(C(=O)N(C)C)CCCC1)NCCc1ccc(OC)c(OC)c1.I. The molecule has 0 unspecified atom stereocenters. The molecule has 2 N–H and O–H groups in total. The molecule has 7 nitrogen and oxygen atoms in total. The fourth-order valence-corrected chi connectivity index (χ4v) is 3.90. The summed E-state index contributed by atoms with van der Waals surface area (Å²) in [5, 5.41) is 6.67. The Kier molecular flexibility index (Phi) is 11.3. The van der Waals surface area contributed by atoms with Crippen molar-refractivity contribution in [2.75, 3.05) is 47.9 Å². The van der Waals surface area contributed by atoms with Crippen LogP contribution in [0.15, 0.2) is 23.2 Å². The Hall–Kier alpha value is -1.71. The molecule has 1 fully saturated rings. The Bertz CT molecular complexity index is 704. The van der Waals surface area contributed by atoms with Crippen LogP contribution in [-0.2, 0) is 11.2 Å². The van der Waals surface area contributed by atoms with E-state index in [9.17, 15) is 4.79 Å². The van der Waals surface area contributed by atoms with E-state index in [0.29, 0.717) is 6.54 Å². The van der Waals surface area contributed by atoms with Crippen LogP contribution in [0.3, 0.4) is 0 Å². The maximum Gasteiger partial charge on any atom is 0.230 e. The first-order chi connectivity index (χ1) is 14.0. The molecule has 1 saturated carbocycles. The van der Waals surface area contributed by atoms with E-state index in [2.05, 4.69) is 10.6 Å². The van der Waals surface area contributed by atoms with Crippen LogP contribution in [0, 0.1) is 5.41 Å². The molecule has 1 aromatic rings. The average molecular weight is 532 g/mol. The number of ether oxygens (including phenoxy) is 2. The van der Waals surface area contributed by atoms with Gasteiger partial charge in [0.15, 0.2) is 17.5 Å². The van der Waals surface area contributed by atoms with Gasteiger partial charge in [0.25, 0.3) is 0 Å². The van der Waals surface area contributed by atoms with Crippen molar-refractivity contribution in [3.63, 3.8) is 0 Å². The monoisotopic (exact) mass is 532 g/mol. The van der Waals surface area contributed by atoms with Gasteiger partial charge in [-0.1, -0.05) is 18.9 Å². The van der Waals surface area contributed by atoms with Gasteiger partial charge in [0.1, 0.15) is 0 Å². The lowest BCUT2D eigenvalue weighted by Gasteiger charge is -2.29. The number of amides is 1. The zero-order chi connectivity index (χ0) is 21.3. The van der Waals surface area contributed by atoms with Gasteiger partial charge in [0.05, 0.1) is 26.2 Å². The summed E-state index contributed by atoms with van der Waals surface area (Å²) in [6, 6.07) is 5.95. The Morgan fingerprint density at radius 1 is 1.13 bits per heavy atom. The number of halogens is 1. The Morgan fingerprint density at radius 3 is 2.37 bits per heavy atom. The third-order valence-corrected chi connectivity index (χ3v) is 5.46. The second-order valence-electron chi connectivity index (χ2n) is 7.75. The number of aliphatic imine (C=N–C) groups is 1. The average Bonchev–Trinajstić information content (AvgIpc) is 3.21. The van der Waals surface area contributed by atoms with Crippen molar-refractivity contribution in [3.8, 4) is 11.5 Å². The Labute approximate surface area is 198 Å². The highest BCUT2D eigenvalue weighted by Crippen LogP contribution is 2.39. The highest BCUT2D eigenvalue weighted by atomic mass is 127. The molecule has 1 aliphatic rings. The molecular weight excluding hydrogens is 495 g/mol. The molecule has 0 saturated heterocycles. The summed E-state index contributed by atoms with van der Waals surface area (Å²) >= 11 is 0. The van der Waals surface area contributed by atoms with Crippen molar-refractivity contribution in [2.24, 2.45) is 10.4 Å². The Balaban J connectivity index is 0.00000450. The number of guanidine groups is 1. The largest absolute Gasteiger partial charge is 0.493 e. The molecule has 0 heterocycles. The minimum Gasteiger partial charge on any atom is -0.493 e. The lowest BCUT2D eigenvalue weighted by Crippen LogP contribution is -2.43. The van der Waals surface area contributed by atoms with Gasteiger partial charge < -0.3 is 25.0 Å². The summed E-state index contributed by atoms with van der Waals surface area (Å²) in [6.45, 7) is 4.07. The molecule has 8 heteroatoms. The van der Waals surface area contributed by atoms with Crippen molar-refractivity contribution in [1.29, 1.82) is 0 Å². The first-order valence-electron chi connectivity index (χ1n) is 10.4. The van der Waals surface area contributed by atoms with Crippen LogP contribution in [0.4, 0.5) is 0 Å². The zero-order valence-corrected chi connectivity index (χ0v) is 21.2. The predicted octanol–water partition coefficient (Wildman–Crippen LogP) is 3.07. The molecular formula is C22H37IN4O3. The summed E-state index contributed by atoms with van der Waals surface area (Å²) in [5.74, 6) is 2.41. The quantitative estimate of drug-likeness (QED) is 0.291. The zero-order valence-electron chi connectivity index (χ0n) is 18.9. The van der Waals surface area contributed by atoms with Crippen LogP contribution in [0.2, 0.25) is 0 Å². The van der Waals surface area contributed by atoms with Crippen LogP contribution in [0.5, 0.6) is 11.5 Å². The van der Waals surface area contributed by atoms with E-state index in [-0.39, 0.29) is 35.3 Å². The minimum absolute atomic E-state index is 0. The van der Waals surface area contributed by atoms with Crippen LogP contribution < -0.4 is 20.1 Å². The number of nitrogens with zero attached hydrogens (tertiary/aromatic N) is 2. The molecule has 1 aliphatic carbocycles. The number of nitrogens with one attached hydrogen (secondary N) is 2. The molecule has 1 aromatic carbocycles. The second kappa shape index (κ2) is 12.9. The molecule has 1 amide bonds. The fraction of sp³-hybridized carbons (Fsp3) is 0.636. The van der Waals surface area contributed by atoms with Gasteiger partial charge in [0, 0.05) is 27.2 Å². The van der Waals surface area contributed by atoms with Crippen molar-refractivity contribution >= 4 is 35.8 Å². The second-order valence-corrected chi connectivity index (χ2v) is 7.75. The maximum atomic E-state index is 12.7. The lowest BCUT2D eigenvalue weighted by molar-refractivity contribution is -0.138. The van der Waals surface area contributed by atoms with E-state index >= 15 is 0 Å². The molecule has 30 heavy (non-hydrogen) atoms. The Morgan fingerprint density at radius 2 is 1.80 bits per heavy atom. The number of rotatable bonds is 9. The highest BCUT2D eigenvalue weighted by molar-refractivity contribution is 14.0. The number of carbonyl (C=O) groups excluding carboxylic acids is 1. The molecule has 0 aliphatic heterocycles. The summed E-state index contributed by atoms with van der Waals surface area (Å²) < 4.78 is 10.7. The number of hydrogen-bond acceptors (Lipinski definition) is 4. The van der Waals surface area contributed by atoms with Gasteiger partial charge in [-0.25, -0.2) is 0 Å². The van der Waals surface area contributed by atoms with Crippen molar-refractivity contribution in [3.05, 3.63) is 23.8 Å². The van der Waals surface area contributed by atoms with E-state index in [1.54, 1.807) is 19.1 Å². The third-order valence-electron chi connectivity index (χ3n) is 5.46. The smallest absolute Gasteiger partial charge is 0.230 e. The van der Waals surface area contributed by atoms with Crippen LogP contribution in [-0.4, -0.2) is 64.7 Å². The van der Waals surface area contributed by atoms with Crippen molar-refractivity contribution in [2.45, 2.75) is 39.0 Å². The first-order valence-corrected chi connectivity index (χ1v) is 10.4. The van der Waals surface area contributed by atoms with E-state index in [1.165, 1.54) is 0 Å². The number of benzene rings is 1. The van der Waals surface area contributed by atoms with Crippen LogP contribution in [0.1, 0.15) is 38.2 Å². The molecule has 0 atom stereocenters. The fourth-order valence-electron chi connectivity index (χ4n) is 3.90. The topological polar surface area (TPSA) is 75.2 Å². The number of hydrogen-bond donors (Lipinski definition) is 2. The summed E-state index contributed by atoms with van der Waals surface area (Å²) in [4.78, 5) is 19.2. The van der Waals surface area contributed by atoms with E-state index in [0.717, 1.165) is 68.2 Å². The van der Waals surface area contributed by atoms with Gasteiger partial charge >= 0.3 is 0 Å². The molecule has 2 rings (SSSR count). The van der Waals surface area contributed by atoms with Crippen LogP contribution in [0.25, 0.3) is 0 Å². The van der Waals surface area contributed by atoms with Crippen molar-refractivity contribution < 1.29 is 14.3 Å². The van der Waals surface area contributed by atoms with E-state index < -0.39 is 0 Å². The predicted molar refractivity (Wildman–Crippen MR) is 132 cm³/mol. The van der Waals surface area contributed by atoms with Gasteiger partial charge in [-0.15, -0.1) is 24.0 Å². The maximum absolute atomic E-state index is 12.7. The normalized spacial score (nSPS) is 15.2. The summed E-state index contributed by atoms with van der Waals surface area (Å²) in [7, 11) is 6.94. The standard InChI is InChI=1S/C22H36N4O3.HI/c1-6-23-21(25-16-22(12-7-8-13-22)20(27)26(2)3)24-14-11-17-9-10-18(28-4)19(15-17)29-5;/h9-10,15H,6-8,11-14,16H2,1-5H3,(H2,23,24,25);1H. The van der Waals surface area contributed by atoms with Gasteiger partial charge in [0.2, 0.25) is 5.91 Å². The molecule has 0 spiro atoms. The third kappa shape index (κ3) is 6.92. The van der Waals surface area contributed by atoms with Gasteiger partial charge in [-0.2, -0.15) is 0 Å². The molecule has 0 radical (unpaired) electrons.